The van der Waals surface area contributed by atoms with Gasteiger partial charge in [0.15, 0.2) is 11.5 Å². The van der Waals surface area contributed by atoms with E-state index in [1.54, 1.807) is 32.9 Å². The highest BCUT2D eigenvalue weighted by molar-refractivity contribution is 5.66. The first-order valence-corrected chi connectivity index (χ1v) is 5.89. The van der Waals surface area contributed by atoms with Crippen LogP contribution in [-0.4, -0.2) is 23.9 Å². The van der Waals surface area contributed by atoms with Crippen LogP contribution < -0.4 is 15.6 Å². The number of nitrogens with one attached hydrogen (secondary N) is 2. The number of methoxy groups -OCH3 is 1. The maximum atomic E-state index is 11.4. The van der Waals surface area contributed by atoms with E-state index in [0.717, 1.165) is 5.56 Å². The average molecular weight is 268 g/mol. The molecule has 0 bridgehead atoms. The molecule has 106 valence electrons. The van der Waals surface area contributed by atoms with E-state index in [2.05, 4.69) is 10.9 Å². The SMILES string of the molecule is COc1cc(CNNC(=O)OC(C)(C)C)ccc1O. The third-order valence-electron chi connectivity index (χ3n) is 2.13. The molecule has 0 aromatic heterocycles. The van der Waals surface area contributed by atoms with Crippen molar-refractivity contribution in [3.8, 4) is 11.5 Å². The van der Waals surface area contributed by atoms with Gasteiger partial charge in [-0.1, -0.05) is 6.07 Å². The minimum absolute atomic E-state index is 0.0753. The molecule has 1 rings (SSSR count). The van der Waals surface area contributed by atoms with E-state index in [0.29, 0.717) is 12.3 Å². The zero-order chi connectivity index (χ0) is 14.5. The molecule has 0 heterocycles. The lowest BCUT2D eigenvalue weighted by Gasteiger charge is -2.19. The normalized spacial score (nSPS) is 10.9. The molecule has 0 atom stereocenters. The van der Waals surface area contributed by atoms with Crippen molar-refractivity contribution < 1.29 is 19.4 Å². The quantitative estimate of drug-likeness (QED) is 0.727. The van der Waals surface area contributed by atoms with Crippen LogP contribution in [0.15, 0.2) is 18.2 Å². The summed E-state index contributed by atoms with van der Waals surface area (Å²) in [5.41, 5.74) is 5.48. The maximum Gasteiger partial charge on any atom is 0.422 e. The van der Waals surface area contributed by atoms with E-state index in [1.165, 1.54) is 13.2 Å². The number of hydrogen-bond acceptors (Lipinski definition) is 5. The van der Waals surface area contributed by atoms with Crippen LogP contribution in [0.5, 0.6) is 11.5 Å². The molecular weight excluding hydrogens is 248 g/mol. The molecule has 1 amide bonds. The highest BCUT2D eigenvalue weighted by atomic mass is 16.6. The van der Waals surface area contributed by atoms with Gasteiger partial charge >= 0.3 is 6.09 Å². The number of carbonyl (C=O) groups is 1. The summed E-state index contributed by atoms with van der Waals surface area (Å²) >= 11 is 0. The summed E-state index contributed by atoms with van der Waals surface area (Å²) in [4.78, 5) is 11.4. The molecule has 3 N–H and O–H groups in total. The molecule has 0 spiro atoms. The average Bonchev–Trinajstić information content (AvgIpc) is 2.29. The number of amides is 1. The standard InChI is InChI=1S/C13H20N2O4/c1-13(2,3)19-12(17)15-14-8-9-5-6-10(16)11(7-9)18-4/h5-7,14,16H,8H2,1-4H3,(H,15,17). The Morgan fingerprint density at radius 1 is 1.37 bits per heavy atom. The minimum Gasteiger partial charge on any atom is -0.504 e. The van der Waals surface area contributed by atoms with Crippen LogP contribution in [-0.2, 0) is 11.3 Å². The number of carbonyl (C=O) groups excluding carboxylic acids is 1. The van der Waals surface area contributed by atoms with Crippen molar-refractivity contribution >= 4 is 6.09 Å². The number of rotatable bonds is 4. The fraction of sp³-hybridized carbons (Fsp3) is 0.462. The van der Waals surface area contributed by atoms with E-state index >= 15 is 0 Å². The molecule has 0 unspecified atom stereocenters. The largest absolute Gasteiger partial charge is 0.504 e. The topological polar surface area (TPSA) is 79.8 Å². The molecule has 0 radical (unpaired) electrons. The van der Waals surface area contributed by atoms with Gasteiger partial charge in [-0.25, -0.2) is 10.2 Å². The lowest BCUT2D eigenvalue weighted by molar-refractivity contribution is 0.0497. The second-order valence-corrected chi connectivity index (χ2v) is 4.99. The van der Waals surface area contributed by atoms with Crippen LogP contribution in [0.1, 0.15) is 26.3 Å². The minimum atomic E-state index is -0.543. The summed E-state index contributed by atoms with van der Waals surface area (Å²) in [6.07, 6.45) is -0.543. The molecule has 0 aliphatic rings. The van der Waals surface area contributed by atoms with Gasteiger partial charge in [-0.05, 0) is 38.5 Å². The van der Waals surface area contributed by atoms with Crippen LogP contribution in [0.3, 0.4) is 0 Å². The molecular formula is C13H20N2O4. The molecule has 6 nitrogen and oxygen atoms in total. The number of hydrogen-bond donors (Lipinski definition) is 3. The van der Waals surface area contributed by atoms with Crippen LogP contribution >= 0.6 is 0 Å². The van der Waals surface area contributed by atoms with E-state index in [9.17, 15) is 9.90 Å². The van der Waals surface area contributed by atoms with Gasteiger partial charge in [0.1, 0.15) is 5.60 Å². The van der Waals surface area contributed by atoms with Gasteiger partial charge in [-0.3, -0.25) is 5.43 Å². The highest BCUT2D eigenvalue weighted by Gasteiger charge is 2.15. The van der Waals surface area contributed by atoms with Crippen molar-refractivity contribution in [3.63, 3.8) is 0 Å². The predicted molar refractivity (Wildman–Crippen MR) is 70.9 cm³/mol. The second-order valence-electron chi connectivity index (χ2n) is 4.99. The Balaban J connectivity index is 2.43. The fourth-order valence-electron chi connectivity index (χ4n) is 1.35. The van der Waals surface area contributed by atoms with Crippen LogP contribution in [0, 0.1) is 0 Å². The smallest absolute Gasteiger partial charge is 0.422 e. The van der Waals surface area contributed by atoms with Gasteiger partial charge < -0.3 is 14.6 Å². The first kappa shape index (κ1) is 15.1. The van der Waals surface area contributed by atoms with Crippen molar-refractivity contribution in [2.45, 2.75) is 32.9 Å². The Morgan fingerprint density at radius 2 is 2.05 bits per heavy atom. The Morgan fingerprint density at radius 3 is 2.63 bits per heavy atom. The lowest BCUT2D eigenvalue weighted by atomic mass is 10.2. The van der Waals surface area contributed by atoms with Crippen LogP contribution in [0.25, 0.3) is 0 Å². The first-order chi connectivity index (χ1) is 8.81. The molecule has 0 saturated heterocycles. The van der Waals surface area contributed by atoms with Gasteiger partial charge in [-0.15, -0.1) is 0 Å². The van der Waals surface area contributed by atoms with Crippen molar-refractivity contribution in [3.05, 3.63) is 23.8 Å². The van der Waals surface area contributed by atoms with Crippen LogP contribution in [0.2, 0.25) is 0 Å². The van der Waals surface area contributed by atoms with Gasteiger partial charge in [0.2, 0.25) is 0 Å². The number of phenolic OH excluding ortho intramolecular Hbond substituents is 1. The van der Waals surface area contributed by atoms with Gasteiger partial charge in [-0.2, -0.15) is 0 Å². The summed E-state index contributed by atoms with van der Waals surface area (Å²) in [6.45, 7) is 5.75. The summed E-state index contributed by atoms with van der Waals surface area (Å²) < 4.78 is 10.1. The number of benzene rings is 1. The first-order valence-electron chi connectivity index (χ1n) is 5.89. The van der Waals surface area contributed by atoms with E-state index < -0.39 is 11.7 Å². The zero-order valence-electron chi connectivity index (χ0n) is 11.6. The summed E-state index contributed by atoms with van der Waals surface area (Å²) in [5.74, 6) is 0.461. The molecule has 1 aromatic carbocycles. The number of phenols is 1. The Kier molecular flexibility index (Phi) is 5.00. The Bertz CT molecular complexity index is 441. The molecule has 6 heteroatoms. The maximum absolute atomic E-state index is 11.4. The Labute approximate surface area is 112 Å². The molecule has 0 aliphatic heterocycles. The Hall–Kier alpha value is -1.95. The van der Waals surface area contributed by atoms with Gasteiger partial charge in [0.05, 0.1) is 7.11 Å². The molecule has 1 aromatic rings. The molecule has 0 aliphatic carbocycles. The second kappa shape index (κ2) is 6.29. The van der Waals surface area contributed by atoms with E-state index in [1.807, 2.05) is 0 Å². The number of aromatic hydroxyl groups is 1. The number of hydrazine groups is 1. The van der Waals surface area contributed by atoms with Crippen molar-refractivity contribution in [2.24, 2.45) is 0 Å². The van der Waals surface area contributed by atoms with E-state index in [-0.39, 0.29) is 5.75 Å². The fourth-order valence-corrected chi connectivity index (χ4v) is 1.35. The third kappa shape index (κ3) is 5.48. The van der Waals surface area contributed by atoms with Gasteiger partial charge in [0, 0.05) is 6.54 Å². The highest BCUT2D eigenvalue weighted by Crippen LogP contribution is 2.25. The summed E-state index contributed by atoms with van der Waals surface area (Å²) in [5, 5.41) is 9.44. The lowest BCUT2D eigenvalue weighted by Crippen LogP contribution is -2.40. The third-order valence-corrected chi connectivity index (χ3v) is 2.13. The van der Waals surface area contributed by atoms with Gasteiger partial charge in [0.25, 0.3) is 0 Å². The summed E-state index contributed by atoms with van der Waals surface area (Å²) in [7, 11) is 1.48. The van der Waals surface area contributed by atoms with Crippen molar-refractivity contribution in [2.75, 3.05) is 7.11 Å². The summed E-state index contributed by atoms with van der Waals surface area (Å²) in [6, 6.07) is 4.93. The molecule has 0 fully saturated rings. The molecule has 0 saturated carbocycles. The van der Waals surface area contributed by atoms with Crippen molar-refractivity contribution in [1.29, 1.82) is 0 Å². The number of ether oxygens (including phenoxy) is 2. The zero-order valence-corrected chi connectivity index (χ0v) is 11.6. The predicted octanol–water partition coefficient (Wildman–Crippen LogP) is 1.93. The van der Waals surface area contributed by atoms with E-state index in [4.69, 9.17) is 9.47 Å². The van der Waals surface area contributed by atoms with Crippen molar-refractivity contribution in [1.82, 2.24) is 10.9 Å². The molecule has 19 heavy (non-hydrogen) atoms. The monoisotopic (exact) mass is 268 g/mol. The van der Waals surface area contributed by atoms with Crippen LogP contribution in [0.4, 0.5) is 4.79 Å².